The van der Waals surface area contributed by atoms with Gasteiger partial charge in [-0.2, -0.15) is 0 Å². The van der Waals surface area contributed by atoms with Gasteiger partial charge >= 0.3 is 5.97 Å². The quantitative estimate of drug-likeness (QED) is 0.842. The number of rotatable bonds is 3. The zero-order valence-corrected chi connectivity index (χ0v) is 9.04. The number of carboxylic acid groups (broad SMARTS) is 1. The summed E-state index contributed by atoms with van der Waals surface area (Å²) in [6, 6.07) is 2.16. The van der Waals surface area contributed by atoms with E-state index in [2.05, 4.69) is 4.98 Å². The highest BCUT2D eigenvalue weighted by Gasteiger charge is 2.25. The van der Waals surface area contributed by atoms with E-state index in [-0.39, 0.29) is 12.1 Å². The molecule has 0 spiro atoms. The molecule has 0 aliphatic heterocycles. The summed E-state index contributed by atoms with van der Waals surface area (Å²) < 4.78 is 3.10. The number of hydrogen-bond donors (Lipinski definition) is 1. The molecule has 6 heteroatoms. The Morgan fingerprint density at radius 2 is 2.29 bits per heavy atom. The molecule has 3 rings (SSSR count). The number of aliphatic carboxylic acids is 1. The van der Waals surface area contributed by atoms with Crippen LogP contribution in [0.4, 0.5) is 0 Å². The van der Waals surface area contributed by atoms with Crippen LogP contribution in [0.1, 0.15) is 18.9 Å². The maximum absolute atomic E-state index is 12.0. The van der Waals surface area contributed by atoms with Crippen LogP contribution in [0.5, 0.6) is 0 Å². The highest BCUT2D eigenvalue weighted by Crippen LogP contribution is 2.36. The Morgan fingerprint density at radius 3 is 2.94 bits per heavy atom. The van der Waals surface area contributed by atoms with Gasteiger partial charge in [-0.25, -0.2) is 4.98 Å². The van der Waals surface area contributed by atoms with Crippen molar-refractivity contribution < 1.29 is 9.90 Å². The van der Waals surface area contributed by atoms with E-state index in [0.717, 1.165) is 17.4 Å². The fourth-order valence-electron chi connectivity index (χ4n) is 1.98. The van der Waals surface area contributed by atoms with Gasteiger partial charge < -0.3 is 9.67 Å². The van der Waals surface area contributed by atoms with Gasteiger partial charge in [0.25, 0.3) is 5.56 Å². The normalized spacial score (nSPS) is 15.3. The number of nitrogens with zero attached hydrogens (tertiary/aromatic N) is 3. The second kappa shape index (κ2) is 3.44. The van der Waals surface area contributed by atoms with Crippen molar-refractivity contribution in [1.29, 1.82) is 0 Å². The first kappa shape index (κ1) is 10.1. The predicted molar refractivity (Wildman–Crippen MR) is 59.9 cm³/mol. The van der Waals surface area contributed by atoms with E-state index in [1.54, 1.807) is 6.07 Å². The summed E-state index contributed by atoms with van der Waals surface area (Å²) in [4.78, 5) is 26.7. The number of aromatic nitrogens is 3. The largest absolute Gasteiger partial charge is 0.480 e. The van der Waals surface area contributed by atoms with E-state index in [1.165, 1.54) is 6.33 Å². The summed E-state index contributed by atoms with van der Waals surface area (Å²) in [5.74, 6) is -1.05. The van der Waals surface area contributed by atoms with E-state index in [9.17, 15) is 9.59 Å². The Hall–Kier alpha value is -2.11. The van der Waals surface area contributed by atoms with Gasteiger partial charge in [0.1, 0.15) is 18.5 Å². The summed E-state index contributed by atoms with van der Waals surface area (Å²) in [5, 5.41) is 9.16. The summed E-state index contributed by atoms with van der Waals surface area (Å²) in [5.41, 5.74) is 0.357. The minimum Gasteiger partial charge on any atom is -0.480 e. The highest BCUT2D eigenvalue weighted by molar-refractivity contribution is 5.75. The van der Waals surface area contributed by atoms with Crippen LogP contribution in [0.2, 0.25) is 0 Å². The molecule has 1 saturated carbocycles. The molecule has 2 aromatic rings. The Labute approximate surface area is 96.1 Å². The molecular weight excluding hydrogens is 222 g/mol. The van der Waals surface area contributed by atoms with E-state index < -0.39 is 5.97 Å². The van der Waals surface area contributed by atoms with Crippen molar-refractivity contribution in [1.82, 2.24) is 14.1 Å². The average Bonchev–Trinajstić information content (AvgIpc) is 3.02. The fraction of sp³-hybridized carbons (Fsp3) is 0.364. The van der Waals surface area contributed by atoms with Crippen molar-refractivity contribution in [3.63, 3.8) is 0 Å². The Balaban J connectivity index is 2.15. The van der Waals surface area contributed by atoms with Gasteiger partial charge in [0, 0.05) is 12.2 Å². The lowest BCUT2D eigenvalue weighted by atomic mass is 10.4. The molecular formula is C11H11N3O3. The highest BCUT2D eigenvalue weighted by atomic mass is 16.4. The maximum atomic E-state index is 12.0. The van der Waals surface area contributed by atoms with Crippen LogP contribution in [-0.2, 0) is 11.3 Å². The Kier molecular flexibility index (Phi) is 2.04. The summed E-state index contributed by atoms with van der Waals surface area (Å²) >= 11 is 0. The summed E-state index contributed by atoms with van der Waals surface area (Å²) in [6.07, 6.45) is 5.38. The molecule has 2 aromatic heterocycles. The third kappa shape index (κ3) is 1.61. The molecule has 1 aliphatic rings. The monoisotopic (exact) mass is 233 g/mol. The molecule has 6 nitrogen and oxygen atoms in total. The van der Waals surface area contributed by atoms with Gasteiger partial charge in [0.05, 0.1) is 5.39 Å². The summed E-state index contributed by atoms with van der Waals surface area (Å²) in [7, 11) is 0. The van der Waals surface area contributed by atoms with Crippen molar-refractivity contribution in [3.05, 3.63) is 28.9 Å². The second-order valence-corrected chi connectivity index (χ2v) is 4.26. The van der Waals surface area contributed by atoms with Crippen LogP contribution in [0.25, 0.3) is 11.0 Å². The third-order valence-electron chi connectivity index (χ3n) is 2.94. The first-order chi connectivity index (χ1) is 8.16. The van der Waals surface area contributed by atoms with E-state index in [0.29, 0.717) is 17.1 Å². The topological polar surface area (TPSA) is 77.1 Å². The maximum Gasteiger partial charge on any atom is 0.323 e. The molecule has 1 fully saturated rings. The molecule has 1 aliphatic carbocycles. The molecule has 0 aromatic carbocycles. The molecule has 0 saturated heterocycles. The number of carbonyl (C=O) groups is 1. The van der Waals surface area contributed by atoms with Gasteiger partial charge in [0.15, 0.2) is 0 Å². The molecule has 2 heterocycles. The molecule has 1 N–H and O–H groups in total. The Morgan fingerprint density at radius 1 is 1.53 bits per heavy atom. The molecule has 0 bridgehead atoms. The van der Waals surface area contributed by atoms with Crippen LogP contribution in [-0.4, -0.2) is 25.2 Å². The third-order valence-corrected chi connectivity index (χ3v) is 2.94. The molecule has 0 radical (unpaired) electrons. The van der Waals surface area contributed by atoms with Crippen LogP contribution < -0.4 is 5.56 Å². The van der Waals surface area contributed by atoms with Gasteiger partial charge in [-0.1, -0.05) is 0 Å². The lowest BCUT2D eigenvalue weighted by Crippen LogP contribution is -2.24. The fourth-order valence-corrected chi connectivity index (χ4v) is 1.98. The minimum atomic E-state index is -1.05. The molecule has 0 unspecified atom stereocenters. The zero-order chi connectivity index (χ0) is 12.0. The second-order valence-electron chi connectivity index (χ2n) is 4.26. The van der Waals surface area contributed by atoms with Crippen molar-refractivity contribution >= 4 is 17.0 Å². The first-order valence-electron chi connectivity index (χ1n) is 5.44. The number of carboxylic acids is 1. The van der Waals surface area contributed by atoms with Gasteiger partial charge in [0.2, 0.25) is 0 Å². The lowest BCUT2D eigenvalue weighted by Gasteiger charge is -2.03. The molecule has 88 valence electrons. The predicted octanol–water partition coefficient (Wildman–Crippen LogP) is 0.617. The van der Waals surface area contributed by atoms with Crippen molar-refractivity contribution in [2.24, 2.45) is 0 Å². The van der Waals surface area contributed by atoms with Crippen LogP contribution in [0, 0.1) is 0 Å². The van der Waals surface area contributed by atoms with E-state index >= 15 is 0 Å². The zero-order valence-electron chi connectivity index (χ0n) is 9.04. The van der Waals surface area contributed by atoms with E-state index in [1.807, 2.05) is 10.8 Å². The average molecular weight is 233 g/mol. The molecule has 17 heavy (non-hydrogen) atoms. The minimum absolute atomic E-state index is 0.295. The standard InChI is InChI=1S/C11H11N3O3/c15-9(16)5-13-6-12-10-8(11(13)17)3-4-14(10)7-1-2-7/h3-4,6-7H,1-2,5H2,(H,15,16). The van der Waals surface area contributed by atoms with Crippen molar-refractivity contribution in [2.75, 3.05) is 0 Å². The Bertz CT molecular complexity index is 652. The SMILES string of the molecule is O=C(O)Cn1cnc2c(ccn2C2CC2)c1=O. The van der Waals surface area contributed by atoms with Crippen LogP contribution in [0.15, 0.2) is 23.4 Å². The van der Waals surface area contributed by atoms with Gasteiger partial charge in [-0.3, -0.25) is 14.2 Å². The van der Waals surface area contributed by atoms with Crippen LogP contribution >= 0.6 is 0 Å². The number of fused-ring (bicyclic) bond motifs is 1. The van der Waals surface area contributed by atoms with Crippen molar-refractivity contribution in [3.8, 4) is 0 Å². The molecule has 0 atom stereocenters. The van der Waals surface area contributed by atoms with E-state index in [4.69, 9.17) is 5.11 Å². The van der Waals surface area contributed by atoms with Gasteiger partial charge in [-0.05, 0) is 18.9 Å². The van der Waals surface area contributed by atoms with Gasteiger partial charge in [-0.15, -0.1) is 0 Å². The lowest BCUT2D eigenvalue weighted by molar-refractivity contribution is -0.137. The molecule has 0 amide bonds. The number of hydrogen-bond acceptors (Lipinski definition) is 3. The first-order valence-corrected chi connectivity index (χ1v) is 5.44. The summed E-state index contributed by atoms with van der Waals surface area (Å²) in [6.45, 7) is -0.351. The van der Waals surface area contributed by atoms with Crippen LogP contribution in [0.3, 0.4) is 0 Å². The van der Waals surface area contributed by atoms with Crippen molar-refractivity contribution in [2.45, 2.75) is 25.4 Å². The smallest absolute Gasteiger partial charge is 0.323 e.